The molecule has 1 heterocycles. The fourth-order valence-electron chi connectivity index (χ4n) is 2.66. The summed E-state index contributed by atoms with van der Waals surface area (Å²) in [6.07, 6.45) is 0. The van der Waals surface area contributed by atoms with Crippen molar-refractivity contribution in [3.8, 4) is 11.5 Å². The lowest BCUT2D eigenvalue weighted by atomic mass is 10.2. The summed E-state index contributed by atoms with van der Waals surface area (Å²) in [6, 6.07) is 13.7. The van der Waals surface area contributed by atoms with E-state index in [0.717, 1.165) is 5.39 Å². The van der Waals surface area contributed by atoms with E-state index in [9.17, 15) is 9.59 Å². The second-order valence-electron chi connectivity index (χ2n) is 6.12. The minimum atomic E-state index is -0.572. The second kappa shape index (κ2) is 9.61. The number of methoxy groups -OCH3 is 1. The maximum absolute atomic E-state index is 12.3. The quantitative estimate of drug-likeness (QED) is 0.507. The van der Waals surface area contributed by atoms with Crippen molar-refractivity contribution in [3.05, 3.63) is 59.9 Å². The molecule has 0 aliphatic carbocycles. The maximum Gasteiger partial charge on any atom is 0.287 e. The van der Waals surface area contributed by atoms with E-state index < -0.39 is 5.91 Å². The average molecular weight is 398 g/mol. The van der Waals surface area contributed by atoms with Crippen molar-refractivity contribution in [3.63, 3.8) is 0 Å². The fourth-order valence-corrected chi connectivity index (χ4v) is 2.66. The van der Waals surface area contributed by atoms with Gasteiger partial charge in [-0.1, -0.05) is 12.1 Å². The first-order valence-corrected chi connectivity index (χ1v) is 9.03. The SMILES string of the molecule is COCCOc1ccc2cc(C(=O)NCCOc3ccccc3C(N)=O)oc2c1. The molecule has 0 saturated carbocycles. The van der Waals surface area contributed by atoms with Crippen LogP contribution in [0.1, 0.15) is 20.9 Å². The van der Waals surface area contributed by atoms with Gasteiger partial charge < -0.3 is 29.7 Å². The standard InChI is InChI=1S/C21H22N2O6/c1-26-10-11-27-15-7-6-14-12-19(29-18(14)13-15)21(25)23-8-9-28-17-5-3-2-4-16(17)20(22)24/h2-7,12-13H,8-11H2,1H3,(H2,22,24)(H,23,25). The third kappa shape index (κ3) is 5.26. The lowest BCUT2D eigenvalue weighted by molar-refractivity contribution is 0.0918. The molecule has 0 bridgehead atoms. The summed E-state index contributed by atoms with van der Waals surface area (Å²) in [5.74, 6) is 0.259. The zero-order chi connectivity index (χ0) is 20.6. The van der Waals surface area contributed by atoms with E-state index in [0.29, 0.717) is 35.9 Å². The summed E-state index contributed by atoms with van der Waals surface area (Å²) >= 11 is 0. The smallest absolute Gasteiger partial charge is 0.287 e. The predicted octanol–water partition coefficient (Wildman–Crippen LogP) is 2.37. The third-order valence-electron chi connectivity index (χ3n) is 4.07. The van der Waals surface area contributed by atoms with E-state index in [-0.39, 0.29) is 24.8 Å². The van der Waals surface area contributed by atoms with Gasteiger partial charge in [0, 0.05) is 18.6 Å². The number of ether oxygens (including phenoxy) is 3. The molecule has 0 atom stereocenters. The van der Waals surface area contributed by atoms with Gasteiger partial charge in [-0.25, -0.2) is 0 Å². The average Bonchev–Trinajstić information content (AvgIpc) is 3.15. The Morgan fingerprint density at radius 2 is 1.86 bits per heavy atom. The predicted molar refractivity (Wildman–Crippen MR) is 106 cm³/mol. The van der Waals surface area contributed by atoms with E-state index in [4.69, 9.17) is 24.4 Å². The Morgan fingerprint density at radius 3 is 2.66 bits per heavy atom. The molecule has 0 fully saturated rings. The van der Waals surface area contributed by atoms with Gasteiger partial charge in [0.05, 0.1) is 18.7 Å². The highest BCUT2D eigenvalue weighted by atomic mass is 16.5. The Balaban J connectivity index is 1.54. The molecular weight excluding hydrogens is 376 g/mol. The van der Waals surface area contributed by atoms with E-state index in [1.54, 1.807) is 49.6 Å². The topological polar surface area (TPSA) is 113 Å². The summed E-state index contributed by atoms with van der Waals surface area (Å²) < 4.78 is 21.6. The minimum absolute atomic E-state index is 0.174. The third-order valence-corrected chi connectivity index (χ3v) is 4.07. The van der Waals surface area contributed by atoms with Gasteiger partial charge in [-0.15, -0.1) is 0 Å². The van der Waals surface area contributed by atoms with Crippen molar-refractivity contribution in [1.82, 2.24) is 5.32 Å². The van der Waals surface area contributed by atoms with Crippen molar-refractivity contribution in [2.45, 2.75) is 0 Å². The molecule has 8 heteroatoms. The van der Waals surface area contributed by atoms with Crippen LogP contribution in [0.25, 0.3) is 11.0 Å². The first-order chi connectivity index (χ1) is 14.1. The summed E-state index contributed by atoms with van der Waals surface area (Å²) in [6.45, 7) is 1.31. The highest BCUT2D eigenvalue weighted by Crippen LogP contribution is 2.24. The number of furan rings is 1. The molecule has 0 aliphatic heterocycles. The van der Waals surface area contributed by atoms with E-state index >= 15 is 0 Å². The number of primary amides is 1. The maximum atomic E-state index is 12.3. The molecule has 0 saturated heterocycles. The van der Waals surface area contributed by atoms with Gasteiger partial charge in [0.25, 0.3) is 11.8 Å². The number of nitrogens with two attached hydrogens (primary N) is 1. The number of carbonyl (C=O) groups is 2. The van der Waals surface area contributed by atoms with E-state index in [1.807, 2.05) is 6.07 Å². The van der Waals surface area contributed by atoms with Gasteiger partial charge >= 0.3 is 0 Å². The van der Waals surface area contributed by atoms with Crippen LogP contribution in [0, 0.1) is 0 Å². The number of carbonyl (C=O) groups excluding carboxylic acids is 2. The summed E-state index contributed by atoms with van der Waals surface area (Å²) in [5.41, 5.74) is 6.15. The normalized spacial score (nSPS) is 10.7. The minimum Gasteiger partial charge on any atom is -0.491 e. The number of fused-ring (bicyclic) bond motifs is 1. The Morgan fingerprint density at radius 1 is 1.03 bits per heavy atom. The molecule has 2 aromatic carbocycles. The summed E-state index contributed by atoms with van der Waals surface area (Å²) in [7, 11) is 1.60. The number of benzene rings is 2. The van der Waals surface area contributed by atoms with Crippen LogP contribution in [0.15, 0.2) is 52.9 Å². The van der Waals surface area contributed by atoms with Gasteiger partial charge in [-0.05, 0) is 30.3 Å². The Labute approximate surface area is 167 Å². The van der Waals surface area contributed by atoms with Crippen LogP contribution in [0.2, 0.25) is 0 Å². The van der Waals surface area contributed by atoms with Gasteiger partial charge in [-0.2, -0.15) is 0 Å². The largest absolute Gasteiger partial charge is 0.491 e. The van der Waals surface area contributed by atoms with Crippen LogP contribution in [-0.4, -0.2) is 45.3 Å². The molecule has 0 radical (unpaired) electrons. The molecule has 1 aromatic heterocycles. The highest BCUT2D eigenvalue weighted by molar-refractivity contribution is 5.96. The zero-order valence-corrected chi connectivity index (χ0v) is 16.0. The van der Waals surface area contributed by atoms with Gasteiger partial charge in [0.1, 0.15) is 30.3 Å². The Hall–Kier alpha value is -3.52. The van der Waals surface area contributed by atoms with Crippen LogP contribution in [0.4, 0.5) is 0 Å². The van der Waals surface area contributed by atoms with Gasteiger partial charge in [0.15, 0.2) is 5.76 Å². The molecule has 0 aliphatic rings. The molecule has 0 unspecified atom stereocenters. The van der Waals surface area contributed by atoms with Crippen molar-refractivity contribution >= 4 is 22.8 Å². The van der Waals surface area contributed by atoms with Crippen LogP contribution in [0.5, 0.6) is 11.5 Å². The first kappa shape index (κ1) is 20.2. The lowest BCUT2D eigenvalue weighted by Gasteiger charge is -2.09. The number of hydrogen-bond donors (Lipinski definition) is 2. The molecule has 29 heavy (non-hydrogen) atoms. The Kier molecular flexibility index (Phi) is 6.70. The molecule has 3 aromatic rings. The molecule has 8 nitrogen and oxygen atoms in total. The number of amides is 2. The molecule has 152 valence electrons. The van der Waals surface area contributed by atoms with Crippen LogP contribution in [0.3, 0.4) is 0 Å². The van der Waals surface area contributed by atoms with Crippen molar-refractivity contribution in [1.29, 1.82) is 0 Å². The van der Waals surface area contributed by atoms with Crippen LogP contribution >= 0.6 is 0 Å². The number of rotatable bonds is 10. The molecule has 0 spiro atoms. The lowest BCUT2D eigenvalue weighted by Crippen LogP contribution is -2.28. The number of para-hydroxylation sites is 1. The molecule has 3 N–H and O–H groups in total. The highest BCUT2D eigenvalue weighted by Gasteiger charge is 2.13. The first-order valence-electron chi connectivity index (χ1n) is 9.03. The zero-order valence-electron chi connectivity index (χ0n) is 16.0. The van der Waals surface area contributed by atoms with Crippen molar-refractivity contribution < 1.29 is 28.2 Å². The summed E-state index contributed by atoms with van der Waals surface area (Å²) in [4.78, 5) is 23.7. The van der Waals surface area contributed by atoms with Crippen LogP contribution in [-0.2, 0) is 4.74 Å². The monoisotopic (exact) mass is 398 g/mol. The van der Waals surface area contributed by atoms with Crippen LogP contribution < -0.4 is 20.5 Å². The van der Waals surface area contributed by atoms with E-state index in [1.165, 1.54) is 0 Å². The second-order valence-corrected chi connectivity index (χ2v) is 6.12. The Bertz CT molecular complexity index is 998. The number of nitrogens with one attached hydrogen (secondary N) is 1. The number of hydrogen-bond acceptors (Lipinski definition) is 6. The summed E-state index contributed by atoms with van der Waals surface area (Å²) in [5, 5.41) is 3.51. The fraction of sp³-hybridized carbons (Fsp3) is 0.238. The van der Waals surface area contributed by atoms with Gasteiger partial charge in [0.2, 0.25) is 0 Å². The molecular formula is C21H22N2O6. The van der Waals surface area contributed by atoms with Crippen molar-refractivity contribution in [2.75, 3.05) is 33.5 Å². The van der Waals surface area contributed by atoms with E-state index in [2.05, 4.69) is 5.32 Å². The molecule has 3 rings (SSSR count). The van der Waals surface area contributed by atoms with Gasteiger partial charge in [-0.3, -0.25) is 9.59 Å². The molecule has 2 amide bonds. The van der Waals surface area contributed by atoms with Crippen molar-refractivity contribution in [2.24, 2.45) is 5.73 Å².